The van der Waals surface area contributed by atoms with E-state index in [1.807, 2.05) is 0 Å². The number of amides is 1. The molecule has 10 nitrogen and oxygen atoms in total. The number of aromatic nitrogens is 4. The molecule has 164 valence electrons. The van der Waals surface area contributed by atoms with E-state index in [9.17, 15) is 4.79 Å². The van der Waals surface area contributed by atoms with E-state index in [1.54, 1.807) is 42.3 Å². The fourth-order valence-electron chi connectivity index (χ4n) is 3.26. The van der Waals surface area contributed by atoms with Crippen LogP contribution in [0.4, 0.5) is 27.5 Å². The summed E-state index contributed by atoms with van der Waals surface area (Å²) in [7, 11) is 1.80. The quantitative estimate of drug-likeness (QED) is 0.426. The lowest BCUT2D eigenvalue weighted by molar-refractivity contribution is -0.118. The van der Waals surface area contributed by atoms with Crippen LogP contribution in [0.3, 0.4) is 0 Å². The monoisotopic (exact) mass is 427 g/mol. The molecule has 11 heteroatoms. The van der Waals surface area contributed by atoms with Crippen LogP contribution in [-0.4, -0.2) is 51.5 Å². The Morgan fingerprint density at radius 2 is 2.26 bits per heavy atom. The van der Waals surface area contributed by atoms with Gasteiger partial charge in [0.2, 0.25) is 11.9 Å². The van der Waals surface area contributed by atoms with Crippen molar-refractivity contribution in [3.05, 3.63) is 53.7 Å². The molecule has 4 rings (SSSR count). The van der Waals surface area contributed by atoms with Gasteiger partial charge in [0.25, 0.3) is 0 Å². The first kappa shape index (κ1) is 20.4. The van der Waals surface area contributed by atoms with E-state index in [1.165, 1.54) is 11.1 Å². The third kappa shape index (κ3) is 4.51. The molecule has 0 radical (unpaired) electrons. The molecule has 1 aromatic carbocycles. The van der Waals surface area contributed by atoms with Gasteiger partial charge in [-0.1, -0.05) is 12.1 Å². The van der Waals surface area contributed by atoms with E-state index < -0.39 is 5.82 Å². The maximum absolute atomic E-state index is 15.1. The van der Waals surface area contributed by atoms with Crippen LogP contribution in [0.15, 0.2) is 36.8 Å². The highest BCUT2D eigenvalue weighted by molar-refractivity contribution is 5.95. The van der Waals surface area contributed by atoms with Gasteiger partial charge in [-0.2, -0.15) is 10.1 Å². The molecule has 2 aromatic heterocycles. The van der Waals surface area contributed by atoms with Gasteiger partial charge in [-0.05, 0) is 6.07 Å². The van der Waals surface area contributed by atoms with Crippen LogP contribution >= 0.6 is 0 Å². The molecule has 0 bridgehead atoms. The second kappa shape index (κ2) is 8.88. The maximum Gasteiger partial charge on any atom is 0.241 e. The predicted octanol–water partition coefficient (Wildman–Crippen LogP) is 2.13. The van der Waals surface area contributed by atoms with Crippen molar-refractivity contribution < 1.29 is 12.0 Å². The van der Waals surface area contributed by atoms with E-state index in [4.69, 9.17) is 5.41 Å². The SMILES string of the molecule is Cn1cc(Nc2ncc(C=N)c(NCc3cccc(N4CCNCC4=O)c3F)n2)cn1.[HH].[HH]. The number of hydrogen-bond donors (Lipinski definition) is 4. The molecule has 3 aromatic rings. The van der Waals surface area contributed by atoms with Crippen molar-refractivity contribution in [2.75, 3.05) is 35.2 Å². The van der Waals surface area contributed by atoms with Gasteiger partial charge in [0, 0.05) is 53.7 Å². The molecule has 0 aliphatic carbocycles. The predicted molar refractivity (Wildman–Crippen MR) is 120 cm³/mol. The van der Waals surface area contributed by atoms with Crippen molar-refractivity contribution in [1.29, 1.82) is 5.41 Å². The second-order valence-corrected chi connectivity index (χ2v) is 7.00. The first-order valence-electron chi connectivity index (χ1n) is 9.70. The minimum atomic E-state index is -0.454. The Bertz CT molecular complexity index is 1120. The molecule has 0 atom stereocenters. The second-order valence-electron chi connectivity index (χ2n) is 7.00. The van der Waals surface area contributed by atoms with E-state index in [0.29, 0.717) is 36.0 Å². The van der Waals surface area contributed by atoms with Crippen molar-refractivity contribution in [2.24, 2.45) is 7.05 Å². The van der Waals surface area contributed by atoms with Gasteiger partial charge in [-0.25, -0.2) is 9.37 Å². The van der Waals surface area contributed by atoms with Crippen molar-refractivity contribution >= 4 is 35.3 Å². The molecule has 0 saturated carbocycles. The minimum absolute atomic E-state index is 0. The van der Waals surface area contributed by atoms with E-state index in [0.717, 1.165) is 11.9 Å². The summed E-state index contributed by atoms with van der Waals surface area (Å²) in [6.45, 7) is 1.35. The molecular weight excluding hydrogens is 401 g/mol. The van der Waals surface area contributed by atoms with Gasteiger partial charge in [0.15, 0.2) is 5.82 Å². The van der Waals surface area contributed by atoms with E-state index >= 15 is 4.39 Å². The van der Waals surface area contributed by atoms with Gasteiger partial charge >= 0.3 is 0 Å². The Morgan fingerprint density at radius 1 is 1.39 bits per heavy atom. The minimum Gasteiger partial charge on any atom is -0.365 e. The number of halogens is 1. The van der Waals surface area contributed by atoms with Crippen LogP contribution in [0.5, 0.6) is 0 Å². The van der Waals surface area contributed by atoms with Gasteiger partial charge in [-0.15, -0.1) is 0 Å². The van der Waals surface area contributed by atoms with E-state index in [-0.39, 0.29) is 27.5 Å². The van der Waals surface area contributed by atoms with E-state index in [2.05, 4.69) is 31.0 Å². The highest BCUT2D eigenvalue weighted by Crippen LogP contribution is 2.24. The van der Waals surface area contributed by atoms with Gasteiger partial charge < -0.3 is 26.3 Å². The zero-order valence-corrected chi connectivity index (χ0v) is 16.9. The number of hydrogen-bond acceptors (Lipinski definition) is 8. The summed E-state index contributed by atoms with van der Waals surface area (Å²) in [6, 6.07) is 4.97. The average Bonchev–Trinajstić information content (AvgIpc) is 3.18. The Hall–Kier alpha value is -3.86. The van der Waals surface area contributed by atoms with Gasteiger partial charge in [0.1, 0.15) is 5.82 Å². The zero-order chi connectivity index (χ0) is 21.8. The first-order chi connectivity index (χ1) is 15.0. The number of benzene rings is 1. The third-order valence-electron chi connectivity index (χ3n) is 4.82. The lowest BCUT2D eigenvalue weighted by atomic mass is 10.1. The number of rotatable bonds is 7. The van der Waals surface area contributed by atoms with Gasteiger partial charge in [0.05, 0.1) is 29.7 Å². The fourth-order valence-corrected chi connectivity index (χ4v) is 3.26. The van der Waals surface area contributed by atoms with Crippen molar-refractivity contribution in [1.82, 2.24) is 25.1 Å². The molecule has 1 saturated heterocycles. The van der Waals surface area contributed by atoms with Crippen LogP contribution < -0.4 is 20.9 Å². The first-order valence-corrected chi connectivity index (χ1v) is 9.70. The molecule has 1 aliphatic heterocycles. The molecule has 1 aliphatic rings. The van der Waals surface area contributed by atoms with Crippen LogP contribution in [0.1, 0.15) is 14.0 Å². The number of anilines is 4. The number of carbonyl (C=O) groups is 1. The molecule has 1 amide bonds. The van der Waals surface area contributed by atoms with Crippen LogP contribution in [0.25, 0.3) is 0 Å². The van der Waals surface area contributed by atoms with Crippen molar-refractivity contribution in [3.8, 4) is 0 Å². The molecule has 1 fully saturated rings. The Labute approximate surface area is 181 Å². The summed E-state index contributed by atoms with van der Waals surface area (Å²) in [5.41, 5.74) is 1.83. The normalized spacial score (nSPS) is 13.9. The number of piperazine rings is 1. The lowest BCUT2D eigenvalue weighted by Gasteiger charge is -2.28. The number of aryl methyl sites for hydroxylation is 1. The summed E-state index contributed by atoms with van der Waals surface area (Å²) < 4.78 is 16.8. The van der Waals surface area contributed by atoms with Crippen LogP contribution in [0, 0.1) is 11.2 Å². The van der Waals surface area contributed by atoms with Crippen molar-refractivity contribution in [2.45, 2.75) is 6.54 Å². The molecular formula is C20H26FN9O. The fraction of sp³-hybridized carbons (Fsp3) is 0.250. The molecule has 4 N–H and O–H groups in total. The Balaban J connectivity index is 0.00000193. The smallest absolute Gasteiger partial charge is 0.241 e. The maximum atomic E-state index is 15.1. The summed E-state index contributed by atoms with van der Waals surface area (Å²) >= 11 is 0. The summed E-state index contributed by atoms with van der Waals surface area (Å²) in [5.74, 6) is 0.0915. The van der Waals surface area contributed by atoms with Crippen molar-refractivity contribution in [3.63, 3.8) is 0 Å². The average molecular weight is 427 g/mol. The summed E-state index contributed by atoms with van der Waals surface area (Å²) in [6.07, 6.45) is 6.05. The largest absolute Gasteiger partial charge is 0.365 e. The summed E-state index contributed by atoms with van der Waals surface area (Å²) in [4.78, 5) is 22.2. The van der Waals surface area contributed by atoms with Crippen LogP contribution in [0.2, 0.25) is 0 Å². The lowest BCUT2D eigenvalue weighted by Crippen LogP contribution is -2.48. The Morgan fingerprint density at radius 3 is 3.00 bits per heavy atom. The topological polar surface area (TPSA) is 124 Å². The molecule has 0 unspecified atom stereocenters. The zero-order valence-electron chi connectivity index (χ0n) is 16.9. The van der Waals surface area contributed by atoms with Crippen LogP contribution in [-0.2, 0) is 18.4 Å². The third-order valence-corrected chi connectivity index (χ3v) is 4.82. The molecule has 3 heterocycles. The van der Waals surface area contributed by atoms with Gasteiger partial charge in [-0.3, -0.25) is 9.48 Å². The standard InChI is InChI=1S/C20H22FN9O.2H2/c1-29-12-15(10-26-29)27-20-25-9-14(7-22)19(28-20)24-8-13-3-2-4-16(18(13)21)30-6-5-23-11-17(30)31;;/h2-4,7,9-10,12,22-23H,5-6,8,11H2,1H3,(H2,24,25,27,28);2*1H. The molecule has 0 spiro atoms. The number of nitrogens with zero attached hydrogens (tertiary/aromatic N) is 5. The highest BCUT2D eigenvalue weighted by Gasteiger charge is 2.23. The highest BCUT2D eigenvalue weighted by atomic mass is 19.1. The Kier molecular flexibility index (Phi) is 5.85. The summed E-state index contributed by atoms with van der Waals surface area (Å²) in [5, 5.41) is 20.8. The molecule has 31 heavy (non-hydrogen) atoms. The number of carbonyl (C=O) groups excluding carboxylic acids is 1. The number of nitrogens with one attached hydrogen (secondary N) is 4.